The fraction of sp³-hybridized carbons (Fsp3) is 0.917. The van der Waals surface area contributed by atoms with Crippen LogP contribution in [-0.2, 0) is 4.74 Å². The topological polar surface area (TPSA) is 105 Å². The van der Waals surface area contributed by atoms with Crippen LogP contribution in [0.5, 0.6) is 0 Å². The summed E-state index contributed by atoms with van der Waals surface area (Å²) in [6.45, 7) is 1.26. The Hall–Kier alpha value is -0.510. The smallest absolute Gasteiger partial charge is 0.171 e. The third kappa shape index (κ3) is 3.38. The normalized spacial score (nSPS) is 38.6. The summed E-state index contributed by atoms with van der Waals surface area (Å²) in [4.78, 5) is 1.99. The Morgan fingerprint density at radius 2 is 1.75 bits per heavy atom. The minimum absolute atomic E-state index is 0.445. The van der Waals surface area contributed by atoms with Crippen molar-refractivity contribution >= 4 is 17.3 Å². The Balaban J connectivity index is 1.94. The number of piperidine rings is 1. The second-order valence-corrected chi connectivity index (χ2v) is 5.63. The van der Waals surface area contributed by atoms with Crippen molar-refractivity contribution in [2.75, 3.05) is 19.7 Å². The predicted molar refractivity (Wildman–Crippen MR) is 74.9 cm³/mol. The number of likely N-dealkylation sites (tertiary alicyclic amines) is 1. The molecule has 2 aliphatic rings. The number of aliphatic hydroxyl groups is 4. The van der Waals surface area contributed by atoms with Crippen LogP contribution in [0.4, 0.5) is 0 Å². The Bertz CT molecular complexity index is 338. The van der Waals surface area contributed by atoms with Gasteiger partial charge in [-0.2, -0.15) is 0 Å². The van der Waals surface area contributed by atoms with Gasteiger partial charge in [0.05, 0.1) is 6.61 Å². The van der Waals surface area contributed by atoms with Gasteiger partial charge >= 0.3 is 0 Å². The van der Waals surface area contributed by atoms with Crippen molar-refractivity contribution in [3.05, 3.63) is 0 Å². The largest absolute Gasteiger partial charge is 0.394 e. The number of hydrogen-bond acceptors (Lipinski definition) is 6. The summed E-state index contributed by atoms with van der Waals surface area (Å²) >= 11 is 5.27. The first-order valence-electron chi connectivity index (χ1n) is 6.90. The van der Waals surface area contributed by atoms with E-state index in [2.05, 4.69) is 5.32 Å². The van der Waals surface area contributed by atoms with E-state index >= 15 is 0 Å². The van der Waals surface area contributed by atoms with E-state index in [1.807, 2.05) is 4.90 Å². The molecule has 2 aliphatic heterocycles. The number of nitrogens with zero attached hydrogens (tertiary/aromatic N) is 1. The van der Waals surface area contributed by atoms with E-state index in [0.717, 1.165) is 25.9 Å². The van der Waals surface area contributed by atoms with Crippen LogP contribution in [0.1, 0.15) is 19.3 Å². The molecule has 2 heterocycles. The summed E-state index contributed by atoms with van der Waals surface area (Å²) in [6, 6.07) is 0. The van der Waals surface area contributed by atoms with Crippen LogP contribution >= 0.6 is 12.2 Å². The lowest BCUT2D eigenvalue weighted by Crippen LogP contribution is -2.64. The maximum Gasteiger partial charge on any atom is 0.171 e. The second-order valence-electron chi connectivity index (χ2n) is 5.25. The summed E-state index contributed by atoms with van der Waals surface area (Å²) in [6.07, 6.45) is -2.60. The fourth-order valence-corrected chi connectivity index (χ4v) is 2.83. The van der Waals surface area contributed by atoms with E-state index in [9.17, 15) is 15.3 Å². The van der Waals surface area contributed by atoms with E-state index < -0.39 is 37.3 Å². The molecule has 0 aromatic carbocycles. The molecule has 0 aromatic rings. The van der Waals surface area contributed by atoms with Crippen LogP contribution in [-0.4, -0.2) is 80.8 Å². The zero-order valence-corrected chi connectivity index (χ0v) is 12.0. The molecular formula is C12H22N2O5S. The average Bonchev–Trinajstić information content (AvgIpc) is 2.48. The standard InChI is InChI=1S/C12H22N2O5S/c15-6-7-8(16)9(17)10(18)11(19-7)13-12(20)14-4-2-1-3-5-14/h7-11,15-18H,1-6H2,(H,13,20)/t7-,8-,9+,10-,11-/m1/s1. The lowest BCUT2D eigenvalue weighted by Gasteiger charge is -2.41. The Labute approximate surface area is 123 Å². The van der Waals surface area contributed by atoms with Gasteiger partial charge in [0, 0.05) is 13.1 Å². The van der Waals surface area contributed by atoms with Crippen molar-refractivity contribution in [2.24, 2.45) is 0 Å². The average molecular weight is 306 g/mol. The van der Waals surface area contributed by atoms with Gasteiger partial charge < -0.3 is 35.4 Å². The lowest BCUT2D eigenvalue weighted by atomic mass is 9.98. The highest BCUT2D eigenvalue weighted by Crippen LogP contribution is 2.20. The maximum absolute atomic E-state index is 9.91. The number of nitrogens with one attached hydrogen (secondary N) is 1. The van der Waals surface area contributed by atoms with Gasteiger partial charge in [-0.05, 0) is 31.5 Å². The predicted octanol–water partition coefficient (Wildman–Crippen LogP) is -1.85. The number of aliphatic hydroxyl groups excluding tert-OH is 4. The quantitative estimate of drug-likeness (QED) is 0.379. The highest BCUT2D eigenvalue weighted by molar-refractivity contribution is 7.80. The minimum Gasteiger partial charge on any atom is -0.394 e. The van der Waals surface area contributed by atoms with Crippen molar-refractivity contribution in [2.45, 2.75) is 49.9 Å². The van der Waals surface area contributed by atoms with E-state index in [0.29, 0.717) is 5.11 Å². The zero-order chi connectivity index (χ0) is 14.7. The van der Waals surface area contributed by atoms with Crippen molar-refractivity contribution in [1.82, 2.24) is 10.2 Å². The molecule has 0 aliphatic carbocycles. The van der Waals surface area contributed by atoms with Crippen molar-refractivity contribution < 1.29 is 25.2 Å². The van der Waals surface area contributed by atoms with Gasteiger partial charge in [0.1, 0.15) is 24.4 Å². The molecule has 0 spiro atoms. The van der Waals surface area contributed by atoms with Gasteiger partial charge in [-0.1, -0.05) is 0 Å². The molecule has 0 unspecified atom stereocenters. The zero-order valence-electron chi connectivity index (χ0n) is 11.2. The van der Waals surface area contributed by atoms with E-state index in [1.165, 1.54) is 6.42 Å². The molecule has 0 aromatic heterocycles. The van der Waals surface area contributed by atoms with Crippen LogP contribution in [0, 0.1) is 0 Å². The summed E-state index contributed by atoms with van der Waals surface area (Å²) in [7, 11) is 0. The highest BCUT2D eigenvalue weighted by atomic mass is 32.1. The molecule has 20 heavy (non-hydrogen) atoms. The van der Waals surface area contributed by atoms with E-state index in [1.54, 1.807) is 0 Å². The molecule has 2 fully saturated rings. The third-order valence-electron chi connectivity index (χ3n) is 3.80. The summed E-state index contributed by atoms with van der Waals surface area (Å²) in [5, 5.41) is 41.7. The monoisotopic (exact) mass is 306 g/mol. The van der Waals surface area contributed by atoms with Crippen LogP contribution < -0.4 is 5.32 Å². The van der Waals surface area contributed by atoms with Crippen molar-refractivity contribution in [1.29, 1.82) is 0 Å². The summed E-state index contributed by atoms with van der Waals surface area (Å²) in [5.74, 6) is 0. The molecule has 7 nitrogen and oxygen atoms in total. The number of rotatable bonds is 2. The molecule has 2 rings (SSSR count). The first kappa shape index (κ1) is 15.9. The molecule has 8 heteroatoms. The van der Waals surface area contributed by atoms with Crippen molar-refractivity contribution in [3.8, 4) is 0 Å². The van der Waals surface area contributed by atoms with Gasteiger partial charge in [-0.25, -0.2) is 0 Å². The minimum atomic E-state index is -1.39. The first-order valence-corrected chi connectivity index (χ1v) is 7.31. The van der Waals surface area contributed by atoms with E-state index in [-0.39, 0.29) is 0 Å². The van der Waals surface area contributed by atoms with Gasteiger partial charge in [0.15, 0.2) is 11.3 Å². The van der Waals surface area contributed by atoms with Gasteiger partial charge in [0.2, 0.25) is 0 Å². The molecule has 0 radical (unpaired) electrons. The fourth-order valence-electron chi connectivity index (χ4n) is 2.53. The SMILES string of the molecule is OC[C@H]1O[C@@H](NC(=S)N2CCCCC2)[C@H](O)[C@@H](O)[C@@H]1O. The molecule has 0 saturated carbocycles. The molecule has 0 amide bonds. The third-order valence-corrected chi connectivity index (χ3v) is 4.18. The van der Waals surface area contributed by atoms with Crippen LogP contribution in [0.3, 0.4) is 0 Å². The number of hydrogen-bond donors (Lipinski definition) is 5. The molecular weight excluding hydrogens is 284 g/mol. The number of ether oxygens (including phenoxy) is 1. The summed E-state index contributed by atoms with van der Waals surface area (Å²) < 4.78 is 5.36. The Morgan fingerprint density at radius 1 is 1.10 bits per heavy atom. The number of thiocarbonyl (C=S) groups is 1. The van der Waals surface area contributed by atoms with Crippen LogP contribution in [0.2, 0.25) is 0 Å². The van der Waals surface area contributed by atoms with Gasteiger partial charge in [-0.15, -0.1) is 0 Å². The molecule has 116 valence electrons. The lowest BCUT2D eigenvalue weighted by molar-refractivity contribution is -0.232. The Kier molecular flexibility index (Phi) is 5.53. The molecule has 5 atom stereocenters. The maximum atomic E-state index is 9.91. The van der Waals surface area contributed by atoms with Gasteiger partial charge in [-0.3, -0.25) is 0 Å². The van der Waals surface area contributed by atoms with E-state index in [4.69, 9.17) is 22.1 Å². The molecule has 2 saturated heterocycles. The highest BCUT2D eigenvalue weighted by Gasteiger charge is 2.43. The molecule has 5 N–H and O–H groups in total. The summed E-state index contributed by atoms with van der Waals surface area (Å²) in [5.41, 5.74) is 0. The second kappa shape index (κ2) is 6.97. The molecule has 0 bridgehead atoms. The van der Waals surface area contributed by atoms with Crippen LogP contribution in [0.15, 0.2) is 0 Å². The van der Waals surface area contributed by atoms with Gasteiger partial charge in [0.25, 0.3) is 0 Å². The Morgan fingerprint density at radius 3 is 2.35 bits per heavy atom. The van der Waals surface area contributed by atoms with Crippen LogP contribution in [0.25, 0.3) is 0 Å². The van der Waals surface area contributed by atoms with Crippen molar-refractivity contribution in [3.63, 3.8) is 0 Å². The first-order chi connectivity index (χ1) is 9.54.